The molecule has 2 aliphatic rings. The summed E-state index contributed by atoms with van der Waals surface area (Å²) in [5, 5.41) is 12.3. The fourth-order valence-electron chi connectivity index (χ4n) is 4.00. The first-order valence-electron chi connectivity index (χ1n) is 10.7. The zero-order valence-electron chi connectivity index (χ0n) is 17.1. The summed E-state index contributed by atoms with van der Waals surface area (Å²) in [6.07, 6.45) is 4.69. The van der Waals surface area contributed by atoms with E-state index in [9.17, 15) is 14.7 Å². The third-order valence-corrected chi connectivity index (χ3v) is 5.72. The van der Waals surface area contributed by atoms with E-state index < -0.39 is 0 Å². The van der Waals surface area contributed by atoms with Crippen molar-refractivity contribution in [2.45, 2.75) is 50.9 Å². The number of phenolic OH excluding ortho intramolecular Hbond substituents is 1. The number of nitrogens with one attached hydrogen (secondary N) is 1. The van der Waals surface area contributed by atoms with Crippen molar-refractivity contribution < 1.29 is 19.4 Å². The molecular formula is C22H33N3O4. The summed E-state index contributed by atoms with van der Waals surface area (Å²) >= 11 is 0. The highest BCUT2D eigenvalue weighted by Gasteiger charge is 2.28. The van der Waals surface area contributed by atoms with Gasteiger partial charge < -0.3 is 20.0 Å². The SMILES string of the molecule is O=CCCCC(=O)NCC1CCC(CN2CCN(Cc3ccc(O)cc3)CC2)O1. The van der Waals surface area contributed by atoms with Crippen LogP contribution in [0.2, 0.25) is 0 Å². The number of piperazine rings is 1. The van der Waals surface area contributed by atoms with Gasteiger partial charge in [-0.25, -0.2) is 0 Å². The van der Waals surface area contributed by atoms with Crippen LogP contribution in [0.5, 0.6) is 5.75 Å². The Morgan fingerprint density at radius 2 is 1.79 bits per heavy atom. The van der Waals surface area contributed by atoms with Crippen LogP contribution >= 0.6 is 0 Å². The Bertz CT molecular complexity index is 644. The summed E-state index contributed by atoms with van der Waals surface area (Å²) in [4.78, 5) is 27.0. The van der Waals surface area contributed by atoms with Crippen LogP contribution in [0.4, 0.5) is 0 Å². The number of carbonyl (C=O) groups excluding carboxylic acids is 2. The number of ether oxygens (including phenoxy) is 1. The predicted molar refractivity (Wildman–Crippen MR) is 111 cm³/mol. The number of benzene rings is 1. The Balaban J connectivity index is 1.29. The molecule has 2 saturated heterocycles. The maximum atomic E-state index is 11.7. The van der Waals surface area contributed by atoms with E-state index in [0.717, 1.165) is 58.4 Å². The van der Waals surface area contributed by atoms with Crippen LogP contribution in [0.1, 0.15) is 37.7 Å². The molecule has 0 aromatic heterocycles. The monoisotopic (exact) mass is 403 g/mol. The normalized spacial score (nSPS) is 23.2. The number of hydrogen-bond donors (Lipinski definition) is 2. The lowest BCUT2D eigenvalue weighted by atomic mass is 10.1. The molecule has 0 saturated carbocycles. The van der Waals surface area contributed by atoms with Gasteiger partial charge in [0.2, 0.25) is 5.91 Å². The number of nitrogens with zero attached hydrogens (tertiary/aromatic N) is 2. The van der Waals surface area contributed by atoms with Crippen molar-refractivity contribution >= 4 is 12.2 Å². The van der Waals surface area contributed by atoms with Crippen molar-refractivity contribution in [3.05, 3.63) is 29.8 Å². The highest BCUT2D eigenvalue weighted by atomic mass is 16.5. The van der Waals surface area contributed by atoms with Crippen LogP contribution in [0, 0.1) is 0 Å². The molecule has 0 bridgehead atoms. The molecule has 1 amide bonds. The lowest BCUT2D eigenvalue weighted by Crippen LogP contribution is -2.48. The van der Waals surface area contributed by atoms with E-state index in [2.05, 4.69) is 15.1 Å². The lowest BCUT2D eigenvalue weighted by Gasteiger charge is -2.35. The number of phenols is 1. The lowest BCUT2D eigenvalue weighted by molar-refractivity contribution is -0.121. The highest BCUT2D eigenvalue weighted by Crippen LogP contribution is 2.21. The maximum absolute atomic E-state index is 11.7. The van der Waals surface area contributed by atoms with Gasteiger partial charge in [-0.3, -0.25) is 14.6 Å². The largest absolute Gasteiger partial charge is 0.508 e. The van der Waals surface area contributed by atoms with Gasteiger partial charge in [-0.05, 0) is 37.0 Å². The zero-order valence-corrected chi connectivity index (χ0v) is 17.1. The van der Waals surface area contributed by atoms with E-state index in [1.54, 1.807) is 12.1 Å². The second kappa shape index (κ2) is 11.3. The van der Waals surface area contributed by atoms with Crippen LogP contribution in [0.15, 0.2) is 24.3 Å². The van der Waals surface area contributed by atoms with Gasteiger partial charge in [-0.15, -0.1) is 0 Å². The molecule has 1 aromatic rings. The molecule has 1 aromatic carbocycles. The molecule has 0 radical (unpaired) electrons. The molecule has 0 spiro atoms. The molecule has 2 heterocycles. The van der Waals surface area contributed by atoms with E-state index in [0.29, 0.717) is 31.6 Å². The Labute approximate surface area is 173 Å². The predicted octanol–water partition coefficient (Wildman–Crippen LogP) is 1.54. The molecule has 2 atom stereocenters. The van der Waals surface area contributed by atoms with Crippen molar-refractivity contribution in [3.63, 3.8) is 0 Å². The molecule has 7 heteroatoms. The number of unbranched alkanes of at least 4 members (excludes halogenated alkanes) is 1. The van der Waals surface area contributed by atoms with Gasteiger partial charge in [0.15, 0.2) is 0 Å². The molecule has 2 N–H and O–H groups in total. The first-order valence-corrected chi connectivity index (χ1v) is 10.7. The topological polar surface area (TPSA) is 82.1 Å². The first kappa shape index (κ1) is 21.7. The fraction of sp³-hybridized carbons (Fsp3) is 0.636. The van der Waals surface area contributed by atoms with E-state index >= 15 is 0 Å². The van der Waals surface area contributed by atoms with E-state index in [4.69, 9.17) is 4.74 Å². The number of carbonyl (C=O) groups is 2. The number of aromatic hydroxyl groups is 1. The van der Waals surface area contributed by atoms with Gasteiger partial charge in [0.05, 0.1) is 12.2 Å². The third kappa shape index (κ3) is 7.42. The average molecular weight is 404 g/mol. The summed E-state index contributed by atoms with van der Waals surface area (Å²) in [5.74, 6) is 0.314. The highest BCUT2D eigenvalue weighted by molar-refractivity contribution is 5.76. The third-order valence-electron chi connectivity index (χ3n) is 5.72. The van der Waals surface area contributed by atoms with Gasteiger partial charge in [-0.1, -0.05) is 12.1 Å². The van der Waals surface area contributed by atoms with Crippen molar-refractivity contribution in [3.8, 4) is 5.75 Å². The maximum Gasteiger partial charge on any atom is 0.220 e. The Kier molecular flexibility index (Phi) is 8.46. The van der Waals surface area contributed by atoms with E-state index in [1.807, 2.05) is 12.1 Å². The molecule has 29 heavy (non-hydrogen) atoms. The minimum atomic E-state index is 0.00338. The van der Waals surface area contributed by atoms with Crippen LogP contribution in [0.25, 0.3) is 0 Å². The summed E-state index contributed by atoms with van der Waals surface area (Å²) in [7, 11) is 0. The molecule has 2 unspecified atom stereocenters. The van der Waals surface area contributed by atoms with Crippen LogP contribution in [0.3, 0.4) is 0 Å². The standard InChI is InChI=1S/C22H33N3O4/c26-14-2-1-3-22(28)23-15-20-8-9-21(29-20)17-25-12-10-24(11-13-25)16-18-4-6-19(27)7-5-18/h4-7,14,20-21,27H,1-3,8-13,15-17H2,(H,23,28). The summed E-state index contributed by atoms with van der Waals surface area (Å²) < 4.78 is 6.12. The van der Waals surface area contributed by atoms with E-state index in [1.165, 1.54) is 5.56 Å². The van der Waals surface area contributed by atoms with Gasteiger partial charge in [-0.2, -0.15) is 0 Å². The Hall–Kier alpha value is -1.96. The van der Waals surface area contributed by atoms with Gasteiger partial charge >= 0.3 is 0 Å². The molecular weight excluding hydrogens is 370 g/mol. The van der Waals surface area contributed by atoms with Crippen molar-refractivity contribution in [1.29, 1.82) is 0 Å². The average Bonchev–Trinajstić information content (AvgIpc) is 3.17. The smallest absolute Gasteiger partial charge is 0.220 e. The molecule has 2 aliphatic heterocycles. The Morgan fingerprint density at radius 3 is 2.52 bits per heavy atom. The first-order chi connectivity index (χ1) is 14.1. The zero-order chi connectivity index (χ0) is 20.5. The van der Waals surface area contributed by atoms with Gasteiger partial charge in [0.1, 0.15) is 12.0 Å². The summed E-state index contributed by atoms with van der Waals surface area (Å²) in [5.41, 5.74) is 1.23. The number of amides is 1. The second-order valence-electron chi connectivity index (χ2n) is 8.06. The molecule has 160 valence electrons. The number of hydrogen-bond acceptors (Lipinski definition) is 6. The van der Waals surface area contributed by atoms with Crippen molar-refractivity contribution in [1.82, 2.24) is 15.1 Å². The molecule has 3 rings (SSSR count). The minimum Gasteiger partial charge on any atom is -0.508 e. The van der Waals surface area contributed by atoms with Gasteiger partial charge in [0, 0.05) is 58.7 Å². The second-order valence-corrected chi connectivity index (χ2v) is 8.06. The van der Waals surface area contributed by atoms with Crippen LogP contribution in [-0.2, 0) is 20.9 Å². The minimum absolute atomic E-state index is 0.00338. The summed E-state index contributed by atoms with van der Waals surface area (Å²) in [6.45, 7) is 6.59. The van der Waals surface area contributed by atoms with Crippen LogP contribution in [-0.4, -0.2) is 78.6 Å². The van der Waals surface area contributed by atoms with Crippen molar-refractivity contribution in [2.24, 2.45) is 0 Å². The van der Waals surface area contributed by atoms with E-state index in [-0.39, 0.29) is 18.1 Å². The quantitative estimate of drug-likeness (QED) is 0.456. The summed E-state index contributed by atoms with van der Waals surface area (Å²) in [6, 6.07) is 7.45. The number of aldehydes is 1. The van der Waals surface area contributed by atoms with Crippen LogP contribution < -0.4 is 5.32 Å². The van der Waals surface area contributed by atoms with Gasteiger partial charge in [0.25, 0.3) is 0 Å². The number of rotatable bonds is 10. The van der Waals surface area contributed by atoms with Crippen molar-refractivity contribution in [2.75, 3.05) is 39.3 Å². The fourth-order valence-corrected chi connectivity index (χ4v) is 4.00. The molecule has 2 fully saturated rings. The Morgan fingerprint density at radius 1 is 1.10 bits per heavy atom. The molecule has 7 nitrogen and oxygen atoms in total. The molecule has 0 aliphatic carbocycles.